The van der Waals surface area contributed by atoms with E-state index >= 15 is 0 Å². The molecule has 1 saturated heterocycles. The zero-order chi connectivity index (χ0) is 20.5. The van der Waals surface area contributed by atoms with Crippen molar-refractivity contribution in [3.63, 3.8) is 0 Å². The molecule has 1 fully saturated rings. The molecular formula is C18H18F3N4O3+. The fourth-order valence-electron chi connectivity index (χ4n) is 3.16. The number of nitrogens with one attached hydrogen (secondary N) is 1. The highest BCUT2D eigenvalue weighted by atomic mass is 19.4. The number of nitro groups is 1. The Morgan fingerprint density at radius 3 is 2.36 bits per heavy atom. The number of aromatic amines is 1. The Balaban J connectivity index is 1.68. The molecule has 1 aliphatic heterocycles. The van der Waals surface area contributed by atoms with Gasteiger partial charge in [0.15, 0.2) is 0 Å². The van der Waals surface area contributed by atoms with Crippen molar-refractivity contribution in [2.45, 2.75) is 13.1 Å². The quantitative estimate of drug-likeness (QED) is 0.591. The molecule has 0 radical (unpaired) electrons. The van der Waals surface area contributed by atoms with Crippen molar-refractivity contribution in [2.75, 3.05) is 31.1 Å². The molecule has 2 aromatic rings. The predicted molar refractivity (Wildman–Crippen MR) is 93.9 cm³/mol. The van der Waals surface area contributed by atoms with Gasteiger partial charge >= 0.3 is 6.18 Å². The molecule has 0 aliphatic carbocycles. The van der Waals surface area contributed by atoms with Gasteiger partial charge in [0.05, 0.1) is 23.6 Å². The van der Waals surface area contributed by atoms with Gasteiger partial charge in [-0.3, -0.25) is 19.8 Å². The number of halogens is 3. The summed E-state index contributed by atoms with van der Waals surface area (Å²) in [5, 5.41) is 11.1. The number of aromatic nitrogens is 1. The summed E-state index contributed by atoms with van der Waals surface area (Å²) in [5.41, 5.74) is -0.269. The van der Waals surface area contributed by atoms with Crippen LogP contribution in [0.15, 0.2) is 36.5 Å². The zero-order valence-corrected chi connectivity index (χ0v) is 15.0. The number of anilines is 1. The van der Waals surface area contributed by atoms with Gasteiger partial charge in [-0.05, 0) is 19.1 Å². The van der Waals surface area contributed by atoms with E-state index in [4.69, 9.17) is 0 Å². The van der Waals surface area contributed by atoms with Crippen LogP contribution in [0.2, 0.25) is 0 Å². The monoisotopic (exact) mass is 395 g/mol. The first kappa shape index (κ1) is 19.6. The number of nitrogens with zero attached hydrogens (tertiary/aromatic N) is 3. The van der Waals surface area contributed by atoms with E-state index in [1.54, 1.807) is 17.9 Å². The van der Waals surface area contributed by atoms with E-state index in [0.29, 0.717) is 37.6 Å². The average Bonchev–Trinajstić information content (AvgIpc) is 2.67. The highest BCUT2D eigenvalue weighted by Crippen LogP contribution is 2.28. The van der Waals surface area contributed by atoms with Crippen molar-refractivity contribution >= 4 is 17.4 Å². The normalized spacial score (nSPS) is 14.9. The number of benzene rings is 1. The van der Waals surface area contributed by atoms with E-state index in [1.807, 2.05) is 4.90 Å². The van der Waals surface area contributed by atoms with Gasteiger partial charge in [-0.2, -0.15) is 13.2 Å². The largest absolute Gasteiger partial charge is 0.419 e. The molecular weight excluding hydrogens is 377 g/mol. The van der Waals surface area contributed by atoms with Crippen molar-refractivity contribution < 1.29 is 27.9 Å². The summed E-state index contributed by atoms with van der Waals surface area (Å²) in [6, 6.07) is 6.76. The van der Waals surface area contributed by atoms with Gasteiger partial charge in [-0.25, -0.2) is 4.98 Å². The zero-order valence-electron chi connectivity index (χ0n) is 15.0. The number of alkyl halides is 3. The number of rotatable bonds is 3. The van der Waals surface area contributed by atoms with Crippen molar-refractivity contribution in [3.05, 3.63) is 63.3 Å². The standard InChI is InChI=1S/C18H17F3N4O3/c1-12-14(3-2-4-15(12)25(27)28)17(26)24-9-7-23(8-10-24)16-6-5-13(11-22-16)18(19,20)21/h2-6,11H,7-10H2,1H3/p+1. The number of hydrogen-bond donors (Lipinski definition) is 0. The second-order valence-electron chi connectivity index (χ2n) is 6.45. The summed E-state index contributed by atoms with van der Waals surface area (Å²) in [5.74, 6) is 0.240. The fourth-order valence-corrected chi connectivity index (χ4v) is 3.16. The first-order valence-electron chi connectivity index (χ1n) is 8.55. The summed E-state index contributed by atoms with van der Waals surface area (Å²) >= 11 is 0. The van der Waals surface area contributed by atoms with Crippen LogP contribution in [0.25, 0.3) is 0 Å². The maximum atomic E-state index is 12.7. The lowest BCUT2D eigenvalue weighted by Crippen LogP contribution is -2.50. The van der Waals surface area contributed by atoms with Gasteiger partial charge in [0, 0.05) is 23.3 Å². The minimum atomic E-state index is -4.41. The topological polar surface area (TPSA) is 80.8 Å². The van der Waals surface area contributed by atoms with Crippen molar-refractivity contribution in [2.24, 2.45) is 0 Å². The second-order valence-corrected chi connectivity index (χ2v) is 6.45. The predicted octanol–water partition coefficient (Wildman–Crippen LogP) is 2.70. The molecule has 7 nitrogen and oxygen atoms in total. The Morgan fingerprint density at radius 1 is 1.14 bits per heavy atom. The van der Waals surface area contributed by atoms with Crippen LogP contribution >= 0.6 is 0 Å². The summed E-state index contributed by atoms with van der Waals surface area (Å²) in [7, 11) is 0. The summed E-state index contributed by atoms with van der Waals surface area (Å²) in [6.45, 7) is 3.12. The molecule has 3 rings (SSSR count). The van der Waals surface area contributed by atoms with Crippen LogP contribution in [-0.4, -0.2) is 41.9 Å². The summed E-state index contributed by atoms with van der Waals surface area (Å²) < 4.78 is 38.0. The average molecular weight is 395 g/mol. The highest BCUT2D eigenvalue weighted by Gasteiger charge is 2.33. The Kier molecular flexibility index (Phi) is 5.21. The van der Waals surface area contributed by atoms with Crippen molar-refractivity contribution in [1.29, 1.82) is 0 Å². The van der Waals surface area contributed by atoms with Crippen LogP contribution in [0.5, 0.6) is 0 Å². The summed E-state index contributed by atoms with van der Waals surface area (Å²) in [4.78, 5) is 29.4. The summed E-state index contributed by atoms with van der Waals surface area (Å²) in [6.07, 6.45) is -3.49. The molecule has 1 aromatic carbocycles. The first-order chi connectivity index (χ1) is 13.2. The Hall–Kier alpha value is -3.17. The molecule has 1 N–H and O–H groups in total. The van der Waals surface area contributed by atoms with E-state index in [0.717, 1.165) is 12.3 Å². The third-order valence-corrected chi connectivity index (χ3v) is 4.76. The molecule has 1 aromatic heterocycles. The van der Waals surface area contributed by atoms with Crippen LogP contribution in [0.4, 0.5) is 24.7 Å². The third-order valence-electron chi connectivity index (χ3n) is 4.76. The van der Waals surface area contributed by atoms with E-state index in [1.165, 1.54) is 18.2 Å². The SMILES string of the molecule is Cc1c(C(=O)N2CCN(c3ccc(C(F)(F)F)c[nH+]3)CC2)cccc1[N+](=O)[O-]. The number of hydrogen-bond acceptors (Lipinski definition) is 4. The van der Waals surface area contributed by atoms with Gasteiger partial charge in [0.1, 0.15) is 19.3 Å². The number of nitro benzene ring substituents is 1. The lowest BCUT2D eigenvalue weighted by Gasteiger charge is -2.31. The minimum Gasteiger partial charge on any atom is -0.331 e. The molecule has 1 amide bonds. The maximum absolute atomic E-state index is 12.7. The van der Waals surface area contributed by atoms with E-state index in [-0.39, 0.29) is 17.2 Å². The minimum absolute atomic E-state index is 0.108. The molecule has 0 unspecified atom stereocenters. The second kappa shape index (κ2) is 7.45. The molecule has 0 spiro atoms. The molecule has 0 atom stereocenters. The molecule has 0 saturated carbocycles. The van der Waals surface area contributed by atoms with Gasteiger partial charge in [-0.1, -0.05) is 6.07 Å². The van der Waals surface area contributed by atoms with Crippen LogP contribution < -0.4 is 9.88 Å². The number of pyridine rings is 1. The molecule has 1 aliphatic rings. The smallest absolute Gasteiger partial charge is 0.331 e. The Morgan fingerprint density at radius 2 is 1.82 bits per heavy atom. The van der Waals surface area contributed by atoms with Gasteiger partial charge in [-0.15, -0.1) is 0 Å². The van der Waals surface area contributed by atoms with Crippen molar-refractivity contribution in [3.8, 4) is 0 Å². The first-order valence-corrected chi connectivity index (χ1v) is 8.55. The van der Waals surface area contributed by atoms with Gasteiger partial charge in [0.2, 0.25) is 0 Å². The van der Waals surface area contributed by atoms with E-state index in [2.05, 4.69) is 4.98 Å². The van der Waals surface area contributed by atoms with Crippen molar-refractivity contribution in [1.82, 2.24) is 4.90 Å². The van der Waals surface area contributed by atoms with Crippen LogP contribution in [-0.2, 0) is 6.18 Å². The van der Waals surface area contributed by atoms with E-state index in [9.17, 15) is 28.1 Å². The van der Waals surface area contributed by atoms with Crippen LogP contribution in [0.1, 0.15) is 21.5 Å². The number of amides is 1. The molecule has 2 heterocycles. The third kappa shape index (κ3) is 3.90. The highest BCUT2D eigenvalue weighted by molar-refractivity contribution is 5.96. The Bertz CT molecular complexity index is 892. The van der Waals surface area contributed by atoms with Gasteiger partial charge < -0.3 is 4.90 Å². The van der Waals surface area contributed by atoms with Crippen LogP contribution in [0.3, 0.4) is 0 Å². The molecule has 148 valence electrons. The van der Waals surface area contributed by atoms with E-state index < -0.39 is 16.7 Å². The number of H-pyrrole nitrogens is 1. The number of piperazine rings is 1. The number of carbonyl (C=O) groups is 1. The molecule has 10 heteroatoms. The Labute approximate surface area is 158 Å². The van der Waals surface area contributed by atoms with Crippen LogP contribution in [0, 0.1) is 17.0 Å². The lowest BCUT2D eigenvalue weighted by molar-refractivity contribution is -0.385. The fraction of sp³-hybridized carbons (Fsp3) is 0.333. The maximum Gasteiger partial charge on any atom is 0.419 e. The molecule has 0 bridgehead atoms. The number of carbonyl (C=O) groups excluding carboxylic acids is 1. The van der Waals surface area contributed by atoms with Gasteiger partial charge in [0.25, 0.3) is 17.4 Å². The lowest BCUT2D eigenvalue weighted by atomic mass is 10.1. The molecule has 28 heavy (non-hydrogen) atoms.